The minimum atomic E-state index is 0.646. The fourth-order valence-corrected chi connectivity index (χ4v) is 2.50. The molecule has 0 unspecified atom stereocenters. The molecular formula is C12H9ClOS. The topological polar surface area (TPSA) is 17.1 Å². The number of carbonyl (C=O) groups excluding carboxylic acids is 1. The summed E-state index contributed by atoms with van der Waals surface area (Å²) in [6.07, 6.45) is 0.853. The molecule has 1 heterocycles. The van der Waals surface area contributed by atoms with E-state index >= 15 is 0 Å². The van der Waals surface area contributed by atoms with Crippen molar-refractivity contribution >= 4 is 29.2 Å². The standard InChI is InChI=1S/C12H9ClOS/c1-8-2-4-9(5-3-8)10-6-12(13)15-11(10)7-14/h2-7H,1H3. The van der Waals surface area contributed by atoms with Crippen molar-refractivity contribution in [2.45, 2.75) is 6.92 Å². The predicted octanol–water partition coefficient (Wildman–Crippen LogP) is 4.19. The number of hydrogen-bond donors (Lipinski definition) is 0. The van der Waals surface area contributed by atoms with Gasteiger partial charge in [0.2, 0.25) is 0 Å². The first-order valence-corrected chi connectivity index (χ1v) is 5.71. The fraction of sp³-hybridized carbons (Fsp3) is 0.0833. The van der Waals surface area contributed by atoms with Crippen LogP contribution in [0.1, 0.15) is 15.2 Å². The van der Waals surface area contributed by atoms with Gasteiger partial charge < -0.3 is 0 Å². The summed E-state index contributed by atoms with van der Waals surface area (Å²) in [4.78, 5) is 11.5. The predicted molar refractivity (Wildman–Crippen MR) is 64.9 cm³/mol. The number of benzene rings is 1. The third kappa shape index (κ3) is 2.11. The number of aryl methyl sites for hydroxylation is 1. The van der Waals surface area contributed by atoms with Crippen molar-refractivity contribution < 1.29 is 4.79 Å². The van der Waals surface area contributed by atoms with Gasteiger partial charge in [0.1, 0.15) is 0 Å². The molecule has 0 bridgehead atoms. The molecule has 76 valence electrons. The van der Waals surface area contributed by atoms with Crippen molar-refractivity contribution in [3.05, 3.63) is 45.1 Å². The van der Waals surface area contributed by atoms with Crippen molar-refractivity contribution in [1.82, 2.24) is 0 Å². The van der Waals surface area contributed by atoms with Gasteiger partial charge in [-0.05, 0) is 18.6 Å². The third-order valence-electron chi connectivity index (χ3n) is 2.20. The van der Waals surface area contributed by atoms with Gasteiger partial charge in [0, 0.05) is 5.56 Å². The van der Waals surface area contributed by atoms with Crippen LogP contribution in [0.4, 0.5) is 0 Å². The molecule has 0 amide bonds. The Morgan fingerprint density at radius 1 is 1.27 bits per heavy atom. The largest absolute Gasteiger partial charge is 0.297 e. The molecule has 0 saturated heterocycles. The van der Waals surface area contributed by atoms with Gasteiger partial charge in [-0.2, -0.15) is 0 Å². The van der Waals surface area contributed by atoms with Gasteiger partial charge >= 0.3 is 0 Å². The van der Waals surface area contributed by atoms with E-state index in [9.17, 15) is 4.79 Å². The molecule has 0 N–H and O–H groups in total. The second-order valence-electron chi connectivity index (χ2n) is 3.31. The van der Waals surface area contributed by atoms with Crippen LogP contribution in [0.3, 0.4) is 0 Å². The zero-order valence-corrected chi connectivity index (χ0v) is 9.73. The maximum atomic E-state index is 10.8. The number of carbonyl (C=O) groups is 1. The lowest BCUT2D eigenvalue weighted by Crippen LogP contribution is -1.80. The number of hydrogen-bond acceptors (Lipinski definition) is 2. The molecule has 2 aromatic rings. The van der Waals surface area contributed by atoms with Crippen LogP contribution < -0.4 is 0 Å². The number of aldehydes is 1. The number of rotatable bonds is 2. The van der Waals surface area contributed by atoms with E-state index in [1.54, 1.807) is 0 Å². The number of thiophene rings is 1. The summed E-state index contributed by atoms with van der Waals surface area (Å²) in [5.41, 5.74) is 3.15. The fourth-order valence-electron chi connectivity index (χ4n) is 1.42. The summed E-state index contributed by atoms with van der Waals surface area (Å²) in [5.74, 6) is 0. The maximum Gasteiger partial charge on any atom is 0.160 e. The highest BCUT2D eigenvalue weighted by atomic mass is 35.5. The smallest absolute Gasteiger partial charge is 0.160 e. The zero-order valence-electron chi connectivity index (χ0n) is 8.16. The van der Waals surface area contributed by atoms with Crippen LogP contribution >= 0.6 is 22.9 Å². The van der Waals surface area contributed by atoms with E-state index in [2.05, 4.69) is 0 Å². The first-order valence-electron chi connectivity index (χ1n) is 4.52. The van der Waals surface area contributed by atoms with E-state index in [1.807, 2.05) is 37.3 Å². The first-order chi connectivity index (χ1) is 7.20. The SMILES string of the molecule is Cc1ccc(-c2cc(Cl)sc2C=O)cc1. The Labute approximate surface area is 97.3 Å². The van der Waals surface area contributed by atoms with Gasteiger partial charge in [-0.1, -0.05) is 41.4 Å². The van der Waals surface area contributed by atoms with Crippen LogP contribution in [0.25, 0.3) is 11.1 Å². The summed E-state index contributed by atoms with van der Waals surface area (Å²) in [5, 5.41) is 0. The molecule has 0 spiro atoms. The van der Waals surface area contributed by atoms with Crippen molar-refractivity contribution in [1.29, 1.82) is 0 Å². The lowest BCUT2D eigenvalue weighted by molar-refractivity contribution is 0.112. The van der Waals surface area contributed by atoms with Crippen molar-refractivity contribution in [3.8, 4) is 11.1 Å². The summed E-state index contributed by atoms with van der Waals surface area (Å²) < 4.78 is 0.646. The highest BCUT2D eigenvalue weighted by molar-refractivity contribution is 7.18. The molecular weight excluding hydrogens is 228 g/mol. The summed E-state index contributed by atoms with van der Waals surface area (Å²) >= 11 is 7.20. The van der Waals surface area contributed by atoms with Gasteiger partial charge in [-0.15, -0.1) is 11.3 Å². The highest BCUT2D eigenvalue weighted by Crippen LogP contribution is 2.33. The second-order valence-corrected chi connectivity index (χ2v) is 5.03. The van der Waals surface area contributed by atoms with E-state index < -0.39 is 0 Å². The third-order valence-corrected chi connectivity index (χ3v) is 3.39. The quantitative estimate of drug-likeness (QED) is 0.715. The molecule has 1 nitrogen and oxygen atoms in total. The van der Waals surface area contributed by atoms with Crippen LogP contribution in [0.5, 0.6) is 0 Å². The van der Waals surface area contributed by atoms with Gasteiger partial charge in [-0.25, -0.2) is 0 Å². The van der Waals surface area contributed by atoms with Gasteiger partial charge in [-0.3, -0.25) is 4.79 Å². The van der Waals surface area contributed by atoms with Crippen molar-refractivity contribution in [2.75, 3.05) is 0 Å². The average Bonchev–Trinajstić information content (AvgIpc) is 2.61. The Bertz CT molecular complexity index is 485. The Morgan fingerprint density at radius 3 is 2.53 bits per heavy atom. The van der Waals surface area contributed by atoms with E-state index in [0.717, 1.165) is 17.4 Å². The molecule has 2 rings (SSSR count). The van der Waals surface area contributed by atoms with E-state index in [-0.39, 0.29) is 0 Å². The Balaban J connectivity index is 2.52. The Kier molecular flexibility index (Phi) is 2.89. The Morgan fingerprint density at radius 2 is 1.93 bits per heavy atom. The van der Waals surface area contributed by atoms with Crippen LogP contribution in [0.2, 0.25) is 4.34 Å². The first kappa shape index (κ1) is 10.4. The molecule has 1 aromatic carbocycles. The molecule has 0 atom stereocenters. The van der Waals surface area contributed by atoms with E-state index in [1.165, 1.54) is 16.9 Å². The molecule has 0 saturated carbocycles. The molecule has 0 aliphatic rings. The normalized spacial score (nSPS) is 10.3. The molecule has 0 aliphatic heterocycles. The summed E-state index contributed by atoms with van der Waals surface area (Å²) in [6, 6.07) is 9.88. The van der Waals surface area contributed by atoms with Gasteiger partial charge in [0.15, 0.2) is 6.29 Å². The van der Waals surface area contributed by atoms with Gasteiger partial charge in [0.25, 0.3) is 0 Å². The molecule has 15 heavy (non-hydrogen) atoms. The molecule has 0 aliphatic carbocycles. The van der Waals surface area contributed by atoms with Gasteiger partial charge in [0.05, 0.1) is 9.21 Å². The van der Waals surface area contributed by atoms with Crippen molar-refractivity contribution in [3.63, 3.8) is 0 Å². The van der Waals surface area contributed by atoms with E-state index in [0.29, 0.717) is 9.21 Å². The molecule has 1 aromatic heterocycles. The minimum Gasteiger partial charge on any atom is -0.297 e. The monoisotopic (exact) mass is 236 g/mol. The van der Waals surface area contributed by atoms with Crippen LogP contribution in [0.15, 0.2) is 30.3 Å². The maximum absolute atomic E-state index is 10.8. The lowest BCUT2D eigenvalue weighted by atomic mass is 10.1. The Hall–Kier alpha value is -1.12. The summed E-state index contributed by atoms with van der Waals surface area (Å²) in [7, 11) is 0. The lowest BCUT2D eigenvalue weighted by Gasteiger charge is -1.99. The highest BCUT2D eigenvalue weighted by Gasteiger charge is 2.08. The average molecular weight is 237 g/mol. The zero-order chi connectivity index (χ0) is 10.8. The number of halogens is 1. The van der Waals surface area contributed by atoms with E-state index in [4.69, 9.17) is 11.6 Å². The van der Waals surface area contributed by atoms with Crippen LogP contribution in [-0.4, -0.2) is 6.29 Å². The molecule has 3 heteroatoms. The van der Waals surface area contributed by atoms with Crippen LogP contribution in [-0.2, 0) is 0 Å². The minimum absolute atomic E-state index is 0.646. The summed E-state index contributed by atoms with van der Waals surface area (Å²) in [6.45, 7) is 2.03. The van der Waals surface area contributed by atoms with Crippen LogP contribution in [0, 0.1) is 6.92 Å². The second kappa shape index (κ2) is 4.17. The molecule has 0 radical (unpaired) electrons. The van der Waals surface area contributed by atoms with Crippen molar-refractivity contribution in [2.24, 2.45) is 0 Å². The molecule has 0 fully saturated rings.